The van der Waals surface area contributed by atoms with E-state index in [0.29, 0.717) is 18.5 Å². The largest absolute Gasteiger partial charge is 0.355 e. The van der Waals surface area contributed by atoms with Crippen molar-refractivity contribution in [3.05, 3.63) is 57.8 Å². The second-order valence-electron chi connectivity index (χ2n) is 4.31. The summed E-state index contributed by atoms with van der Waals surface area (Å²) < 4.78 is 0. The summed E-state index contributed by atoms with van der Waals surface area (Å²) in [6, 6.07) is 11.1. The molecule has 1 aromatic carbocycles. The fourth-order valence-corrected chi connectivity index (χ4v) is 2.46. The Morgan fingerprint density at radius 1 is 1.15 bits per heavy atom. The Labute approximate surface area is 121 Å². The molecule has 0 aliphatic heterocycles. The highest BCUT2D eigenvalue weighted by molar-refractivity contribution is 7.10. The van der Waals surface area contributed by atoms with Crippen LogP contribution in [0.25, 0.3) is 0 Å². The molecule has 4 nitrogen and oxygen atoms in total. The third-order valence-electron chi connectivity index (χ3n) is 2.85. The van der Waals surface area contributed by atoms with Crippen molar-refractivity contribution >= 4 is 23.2 Å². The van der Waals surface area contributed by atoms with Crippen molar-refractivity contribution in [2.45, 2.75) is 13.0 Å². The highest BCUT2D eigenvalue weighted by atomic mass is 32.1. The molecule has 0 bridgehead atoms. The van der Waals surface area contributed by atoms with Gasteiger partial charge in [-0.2, -0.15) is 0 Å². The fraction of sp³-hybridized carbons (Fsp3) is 0.200. The molecule has 1 aromatic heterocycles. The van der Waals surface area contributed by atoms with E-state index in [1.54, 1.807) is 30.5 Å². The monoisotopic (exact) mass is 288 g/mol. The molecule has 20 heavy (non-hydrogen) atoms. The molecule has 0 fully saturated rings. The van der Waals surface area contributed by atoms with Gasteiger partial charge in [0, 0.05) is 24.0 Å². The maximum atomic E-state index is 11.7. The highest BCUT2D eigenvalue weighted by Gasteiger charge is 2.05. The zero-order valence-electron chi connectivity index (χ0n) is 11.2. The number of rotatable bonds is 5. The van der Waals surface area contributed by atoms with Crippen LogP contribution in [0, 0.1) is 0 Å². The van der Waals surface area contributed by atoms with Gasteiger partial charge in [-0.1, -0.05) is 18.2 Å². The first-order valence-electron chi connectivity index (χ1n) is 6.29. The predicted molar refractivity (Wildman–Crippen MR) is 79.7 cm³/mol. The molecule has 2 N–H and O–H groups in total. The molecule has 0 saturated heterocycles. The number of hydrogen-bond acceptors (Lipinski definition) is 3. The minimum absolute atomic E-state index is 0.00262. The van der Waals surface area contributed by atoms with Crippen LogP contribution in [0.4, 0.5) is 0 Å². The molecule has 5 heteroatoms. The van der Waals surface area contributed by atoms with Crippen LogP contribution in [0.3, 0.4) is 0 Å². The maximum absolute atomic E-state index is 11.7. The standard InChI is InChI=1S/C15H16N2O2S/c1-16-15(19)12-6-4-11(5-7-12)10-17-14(18)9-13-3-2-8-20-13/h2-8H,9-10H2,1H3,(H,16,19)(H,17,18). The Bertz CT molecular complexity index is 576. The van der Waals surface area contributed by atoms with Crippen molar-refractivity contribution in [1.82, 2.24) is 10.6 Å². The second kappa shape index (κ2) is 6.86. The molecule has 0 aliphatic carbocycles. The molecule has 0 spiro atoms. The summed E-state index contributed by atoms with van der Waals surface area (Å²) in [7, 11) is 1.60. The number of benzene rings is 1. The van der Waals surface area contributed by atoms with Crippen molar-refractivity contribution in [1.29, 1.82) is 0 Å². The van der Waals surface area contributed by atoms with Gasteiger partial charge >= 0.3 is 0 Å². The lowest BCUT2D eigenvalue weighted by Gasteiger charge is -2.05. The molecule has 0 unspecified atom stereocenters. The van der Waals surface area contributed by atoms with Crippen molar-refractivity contribution in [3.8, 4) is 0 Å². The lowest BCUT2D eigenvalue weighted by Crippen LogP contribution is -2.24. The number of hydrogen-bond donors (Lipinski definition) is 2. The van der Waals surface area contributed by atoms with E-state index in [-0.39, 0.29) is 11.8 Å². The Morgan fingerprint density at radius 2 is 1.90 bits per heavy atom. The molecular formula is C15H16N2O2S. The maximum Gasteiger partial charge on any atom is 0.251 e. The minimum atomic E-state index is -0.113. The van der Waals surface area contributed by atoms with Crippen LogP contribution < -0.4 is 10.6 Å². The topological polar surface area (TPSA) is 58.2 Å². The molecule has 1 heterocycles. The van der Waals surface area contributed by atoms with Crippen LogP contribution in [0.5, 0.6) is 0 Å². The molecular weight excluding hydrogens is 272 g/mol. The first-order chi connectivity index (χ1) is 9.69. The van der Waals surface area contributed by atoms with Gasteiger partial charge in [-0.25, -0.2) is 0 Å². The molecule has 104 valence electrons. The van der Waals surface area contributed by atoms with E-state index < -0.39 is 0 Å². The SMILES string of the molecule is CNC(=O)c1ccc(CNC(=O)Cc2cccs2)cc1. The summed E-state index contributed by atoms with van der Waals surface area (Å²) in [4.78, 5) is 24.2. The average Bonchev–Trinajstić information content (AvgIpc) is 2.97. The van der Waals surface area contributed by atoms with Gasteiger partial charge in [0.2, 0.25) is 5.91 Å². The van der Waals surface area contributed by atoms with Crippen molar-refractivity contribution < 1.29 is 9.59 Å². The lowest BCUT2D eigenvalue weighted by atomic mass is 10.1. The van der Waals surface area contributed by atoms with Gasteiger partial charge in [0.05, 0.1) is 6.42 Å². The summed E-state index contributed by atoms with van der Waals surface area (Å²) in [6.07, 6.45) is 0.411. The van der Waals surface area contributed by atoms with Gasteiger partial charge in [0.25, 0.3) is 5.91 Å². The number of carbonyl (C=O) groups is 2. The van der Waals surface area contributed by atoms with Crippen molar-refractivity contribution in [3.63, 3.8) is 0 Å². The Kier molecular flexibility index (Phi) is 4.90. The molecule has 2 rings (SSSR count). The van der Waals surface area contributed by atoms with E-state index in [9.17, 15) is 9.59 Å². The fourth-order valence-electron chi connectivity index (χ4n) is 1.75. The normalized spacial score (nSPS) is 10.1. The first kappa shape index (κ1) is 14.3. The van der Waals surface area contributed by atoms with Gasteiger partial charge in [0.1, 0.15) is 0 Å². The summed E-state index contributed by atoms with van der Waals surface area (Å²) >= 11 is 1.58. The lowest BCUT2D eigenvalue weighted by molar-refractivity contribution is -0.120. The summed E-state index contributed by atoms with van der Waals surface area (Å²) in [6.45, 7) is 0.470. The van der Waals surface area contributed by atoms with E-state index in [0.717, 1.165) is 10.4 Å². The van der Waals surface area contributed by atoms with E-state index >= 15 is 0 Å². The van der Waals surface area contributed by atoms with Gasteiger partial charge in [-0.15, -0.1) is 11.3 Å². The summed E-state index contributed by atoms with van der Waals surface area (Å²) in [5.41, 5.74) is 1.58. The smallest absolute Gasteiger partial charge is 0.251 e. The second-order valence-corrected chi connectivity index (χ2v) is 5.34. The van der Waals surface area contributed by atoms with Crippen LogP contribution in [0.15, 0.2) is 41.8 Å². The Balaban J connectivity index is 1.84. The van der Waals surface area contributed by atoms with Crippen molar-refractivity contribution in [2.75, 3.05) is 7.05 Å². The number of carbonyl (C=O) groups excluding carboxylic acids is 2. The third kappa shape index (κ3) is 3.93. The Hall–Kier alpha value is -2.14. The minimum Gasteiger partial charge on any atom is -0.355 e. The van der Waals surface area contributed by atoms with E-state index in [4.69, 9.17) is 0 Å². The average molecular weight is 288 g/mol. The zero-order valence-corrected chi connectivity index (χ0v) is 12.0. The quantitative estimate of drug-likeness (QED) is 0.883. The van der Waals surface area contributed by atoms with Crippen LogP contribution in [-0.2, 0) is 17.8 Å². The number of nitrogens with one attached hydrogen (secondary N) is 2. The molecule has 0 radical (unpaired) electrons. The van der Waals surface area contributed by atoms with E-state index in [1.807, 2.05) is 29.6 Å². The van der Waals surface area contributed by atoms with Crippen molar-refractivity contribution in [2.24, 2.45) is 0 Å². The number of thiophene rings is 1. The van der Waals surface area contributed by atoms with E-state index in [1.165, 1.54) is 0 Å². The van der Waals surface area contributed by atoms with Gasteiger partial charge in [-0.05, 0) is 29.1 Å². The molecule has 0 atom stereocenters. The number of amides is 2. The Morgan fingerprint density at radius 3 is 2.50 bits per heavy atom. The van der Waals surface area contributed by atoms with Gasteiger partial charge in [-0.3, -0.25) is 9.59 Å². The van der Waals surface area contributed by atoms with Crippen LogP contribution >= 0.6 is 11.3 Å². The van der Waals surface area contributed by atoms with Crippen LogP contribution in [-0.4, -0.2) is 18.9 Å². The zero-order chi connectivity index (χ0) is 14.4. The first-order valence-corrected chi connectivity index (χ1v) is 7.17. The molecule has 0 aliphatic rings. The van der Waals surface area contributed by atoms with Gasteiger partial charge < -0.3 is 10.6 Å². The highest BCUT2D eigenvalue weighted by Crippen LogP contribution is 2.09. The third-order valence-corrected chi connectivity index (χ3v) is 3.72. The summed E-state index contributed by atoms with van der Waals surface area (Å²) in [5.74, 6) is -0.110. The molecule has 2 aromatic rings. The van der Waals surface area contributed by atoms with Crippen LogP contribution in [0.2, 0.25) is 0 Å². The van der Waals surface area contributed by atoms with Gasteiger partial charge in [0.15, 0.2) is 0 Å². The summed E-state index contributed by atoms with van der Waals surface area (Å²) in [5, 5.41) is 7.39. The predicted octanol–water partition coefficient (Wildman–Crippen LogP) is 1.97. The molecule has 2 amide bonds. The molecule has 0 saturated carbocycles. The van der Waals surface area contributed by atoms with E-state index in [2.05, 4.69) is 10.6 Å². The van der Waals surface area contributed by atoms with Crippen LogP contribution in [0.1, 0.15) is 20.8 Å².